The summed E-state index contributed by atoms with van der Waals surface area (Å²) in [6.07, 6.45) is 2.42. The van der Waals surface area contributed by atoms with E-state index in [-0.39, 0.29) is 5.91 Å². The van der Waals surface area contributed by atoms with Crippen molar-refractivity contribution in [2.45, 2.75) is 6.92 Å². The summed E-state index contributed by atoms with van der Waals surface area (Å²) in [4.78, 5) is 27.5. The van der Waals surface area contributed by atoms with Crippen molar-refractivity contribution < 1.29 is 9.59 Å². The number of amides is 1. The molecule has 0 bridgehead atoms. The largest absolute Gasteiger partial charge is 0.386 e. The molecule has 0 saturated carbocycles. The van der Waals surface area contributed by atoms with Crippen LogP contribution in [-0.2, 0) is 11.8 Å². The van der Waals surface area contributed by atoms with E-state index in [9.17, 15) is 9.59 Å². The molecule has 1 aliphatic rings. The highest BCUT2D eigenvalue weighted by Crippen LogP contribution is 2.26. The Labute approximate surface area is 114 Å². The molecule has 3 N–H and O–H groups in total. The SMILES string of the molecule is CC1=C(C(=O)Nc2cc(C=O)n(C)c2)SCC(N)=N1. The number of hydrogen-bond donors (Lipinski definition) is 2. The topological polar surface area (TPSA) is 89.5 Å². The molecular formula is C12H14N4O2S. The number of aliphatic imine (C=N–C) groups is 1. The summed E-state index contributed by atoms with van der Waals surface area (Å²) < 4.78 is 1.65. The van der Waals surface area contributed by atoms with Crippen LogP contribution in [0.1, 0.15) is 17.4 Å². The van der Waals surface area contributed by atoms with Crippen molar-refractivity contribution in [2.75, 3.05) is 11.1 Å². The Morgan fingerprint density at radius 1 is 1.63 bits per heavy atom. The second-order valence-electron chi connectivity index (χ2n) is 4.14. The molecular weight excluding hydrogens is 264 g/mol. The number of rotatable bonds is 3. The Morgan fingerprint density at radius 3 is 2.95 bits per heavy atom. The molecule has 1 amide bonds. The molecule has 7 heteroatoms. The first kappa shape index (κ1) is 13.4. The second kappa shape index (κ2) is 5.31. The van der Waals surface area contributed by atoms with E-state index in [1.807, 2.05) is 0 Å². The molecule has 1 aromatic rings. The van der Waals surface area contributed by atoms with Gasteiger partial charge in [0.05, 0.1) is 27.7 Å². The average Bonchev–Trinajstić information content (AvgIpc) is 2.69. The van der Waals surface area contributed by atoms with Crippen LogP contribution in [0.15, 0.2) is 27.9 Å². The molecule has 1 aliphatic heterocycles. The van der Waals surface area contributed by atoms with Crippen LogP contribution in [0, 0.1) is 0 Å². The van der Waals surface area contributed by atoms with Gasteiger partial charge >= 0.3 is 0 Å². The van der Waals surface area contributed by atoms with E-state index in [1.54, 1.807) is 30.8 Å². The Morgan fingerprint density at radius 2 is 2.37 bits per heavy atom. The van der Waals surface area contributed by atoms with Crippen molar-refractivity contribution in [2.24, 2.45) is 17.8 Å². The van der Waals surface area contributed by atoms with E-state index in [2.05, 4.69) is 10.3 Å². The van der Waals surface area contributed by atoms with Crippen LogP contribution >= 0.6 is 11.8 Å². The minimum Gasteiger partial charge on any atom is -0.386 e. The van der Waals surface area contributed by atoms with Crippen molar-refractivity contribution in [1.82, 2.24) is 4.57 Å². The molecule has 0 atom stereocenters. The summed E-state index contributed by atoms with van der Waals surface area (Å²) in [6.45, 7) is 1.75. The van der Waals surface area contributed by atoms with E-state index in [0.29, 0.717) is 33.6 Å². The zero-order valence-corrected chi connectivity index (χ0v) is 11.5. The number of aryl methyl sites for hydroxylation is 1. The highest BCUT2D eigenvalue weighted by Gasteiger charge is 2.19. The number of nitrogens with zero attached hydrogens (tertiary/aromatic N) is 2. The maximum Gasteiger partial charge on any atom is 0.263 e. The molecule has 0 radical (unpaired) electrons. The quantitative estimate of drug-likeness (QED) is 0.810. The van der Waals surface area contributed by atoms with Gasteiger partial charge in [0.1, 0.15) is 5.84 Å². The van der Waals surface area contributed by atoms with Gasteiger partial charge in [0.25, 0.3) is 5.91 Å². The fourth-order valence-electron chi connectivity index (χ4n) is 1.73. The fraction of sp³-hybridized carbons (Fsp3) is 0.250. The van der Waals surface area contributed by atoms with Crippen molar-refractivity contribution in [3.05, 3.63) is 28.6 Å². The van der Waals surface area contributed by atoms with Gasteiger partial charge in [-0.15, -0.1) is 11.8 Å². The minimum atomic E-state index is -0.234. The lowest BCUT2D eigenvalue weighted by Gasteiger charge is -2.13. The first-order valence-corrected chi connectivity index (χ1v) is 6.59. The molecule has 2 heterocycles. The molecule has 0 unspecified atom stereocenters. The fourth-order valence-corrected chi connectivity index (χ4v) is 2.53. The summed E-state index contributed by atoms with van der Waals surface area (Å²) in [7, 11) is 1.74. The van der Waals surface area contributed by atoms with Crippen molar-refractivity contribution in [1.29, 1.82) is 0 Å². The summed E-state index contributed by atoms with van der Waals surface area (Å²) >= 11 is 1.36. The number of nitrogens with two attached hydrogens (primary N) is 1. The molecule has 0 fully saturated rings. The standard InChI is InChI=1S/C12H14N4O2S/c1-7-11(19-6-10(13)14-7)12(18)15-8-3-9(5-17)16(2)4-8/h3-5H,6H2,1-2H3,(H2,13,14)(H,15,18). The summed E-state index contributed by atoms with van der Waals surface area (Å²) in [5, 5.41) is 2.74. The summed E-state index contributed by atoms with van der Waals surface area (Å²) in [5.41, 5.74) is 7.29. The number of aldehydes is 1. The third-order valence-electron chi connectivity index (χ3n) is 2.63. The molecule has 0 aliphatic carbocycles. The van der Waals surface area contributed by atoms with Gasteiger partial charge in [-0.3, -0.25) is 9.59 Å². The van der Waals surface area contributed by atoms with Crippen molar-refractivity contribution in [3.63, 3.8) is 0 Å². The number of carbonyl (C=O) groups is 2. The number of hydrogen-bond acceptors (Lipinski definition) is 5. The molecule has 0 saturated heterocycles. The van der Waals surface area contributed by atoms with Crippen LogP contribution in [0.4, 0.5) is 5.69 Å². The lowest BCUT2D eigenvalue weighted by atomic mass is 10.3. The minimum absolute atomic E-state index is 0.234. The Kier molecular flexibility index (Phi) is 3.75. The van der Waals surface area contributed by atoms with Crippen molar-refractivity contribution in [3.8, 4) is 0 Å². The van der Waals surface area contributed by atoms with Gasteiger partial charge in [0.2, 0.25) is 0 Å². The smallest absolute Gasteiger partial charge is 0.263 e. The van der Waals surface area contributed by atoms with Crippen LogP contribution < -0.4 is 11.1 Å². The number of anilines is 1. The first-order valence-electron chi connectivity index (χ1n) is 5.61. The Balaban J connectivity index is 2.17. The number of aromatic nitrogens is 1. The Hall–Kier alpha value is -2.02. The van der Waals surface area contributed by atoms with Gasteiger partial charge in [-0.05, 0) is 13.0 Å². The number of allylic oxidation sites excluding steroid dienone is 1. The van der Waals surface area contributed by atoms with Gasteiger partial charge in [0.15, 0.2) is 6.29 Å². The monoisotopic (exact) mass is 278 g/mol. The van der Waals surface area contributed by atoms with Crippen LogP contribution in [0.2, 0.25) is 0 Å². The maximum atomic E-state index is 12.1. The van der Waals surface area contributed by atoms with Crippen molar-refractivity contribution >= 4 is 35.5 Å². The molecule has 1 aromatic heterocycles. The van der Waals surface area contributed by atoms with E-state index >= 15 is 0 Å². The molecule has 0 spiro atoms. The van der Waals surface area contributed by atoms with Gasteiger partial charge in [-0.2, -0.15) is 0 Å². The maximum absolute atomic E-state index is 12.1. The van der Waals surface area contributed by atoms with E-state index in [1.165, 1.54) is 11.8 Å². The zero-order chi connectivity index (χ0) is 14.0. The zero-order valence-electron chi connectivity index (χ0n) is 10.6. The molecule has 19 heavy (non-hydrogen) atoms. The highest BCUT2D eigenvalue weighted by atomic mass is 32.2. The predicted octanol–water partition coefficient (Wildman–Crippen LogP) is 1.11. The summed E-state index contributed by atoms with van der Waals surface area (Å²) in [6, 6.07) is 1.62. The first-order chi connectivity index (χ1) is 9.01. The summed E-state index contributed by atoms with van der Waals surface area (Å²) in [5.74, 6) is 0.790. The third kappa shape index (κ3) is 2.87. The number of nitrogens with one attached hydrogen (secondary N) is 1. The highest BCUT2D eigenvalue weighted by molar-refractivity contribution is 8.04. The van der Waals surface area contributed by atoms with Gasteiger partial charge < -0.3 is 15.6 Å². The van der Waals surface area contributed by atoms with Gasteiger partial charge in [-0.25, -0.2) is 4.99 Å². The molecule has 100 valence electrons. The van der Waals surface area contributed by atoms with Crippen LogP contribution in [0.25, 0.3) is 0 Å². The number of carbonyl (C=O) groups excluding carboxylic acids is 2. The van der Waals surface area contributed by atoms with E-state index in [4.69, 9.17) is 5.73 Å². The second-order valence-corrected chi connectivity index (χ2v) is 5.13. The van der Waals surface area contributed by atoms with Gasteiger partial charge in [-0.1, -0.05) is 0 Å². The lowest BCUT2D eigenvalue weighted by molar-refractivity contribution is -0.112. The van der Waals surface area contributed by atoms with E-state index in [0.717, 1.165) is 6.29 Å². The molecule has 0 aromatic carbocycles. The predicted molar refractivity (Wildman–Crippen MR) is 76.2 cm³/mol. The molecule has 6 nitrogen and oxygen atoms in total. The third-order valence-corrected chi connectivity index (χ3v) is 3.84. The normalized spacial score (nSPS) is 15.2. The van der Waals surface area contributed by atoms with Gasteiger partial charge in [0, 0.05) is 13.2 Å². The number of thioether (sulfide) groups is 1. The average molecular weight is 278 g/mol. The Bertz CT molecular complexity index is 601. The van der Waals surface area contributed by atoms with E-state index < -0.39 is 0 Å². The number of amidine groups is 1. The molecule has 2 rings (SSSR count). The van der Waals surface area contributed by atoms with Crippen LogP contribution in [0.5, 0.6) is 0 Å². The van der Waals surface area contributed by atoms with Crippen LogP contribution in [0.3, 0.4) is 0 Å². The van der Waals surface area contributed by atoms with Crippen LogP contribution in [-0.4, -0.2) is 28.3 Å². The lowest BCUT2D eigenvalue weighted by Crippen LogP contribution is -2.22.